The van der Waals surface area contributed by atoms with Gasteiger partial charge in [-0.15, -0.1) is 0 Å². The van der Waals surface area contributed by atoms with Crippen molar-refractivity contribution in [2.45, 2.75) is 51.2 Å². The minimum atomic E-state index is -4.35. The fraction of sp³-hybridized carbons (Fsp3) is 0.909. The number of amides is 2. The SMILES string of the molecule is CCC1CCCC(NC(=O)NCC(F)(F)F)C1. The highest BCUT2D eigenvalue weighted by molar-refractivity contribution is 5.74. The lowest BCUT2D eigenvalue weighted by Gasteiger charge is -2.29. The van der Waals surface area contributed by atoms with E-state index in [-0.39, 0.29) is 6.04 Å². The van der Waals surface area contributed by atoms with E-state index in [2.05, 4.69) is 12.2 Å². The summed E-state index contributed by atoms with van der Waals surface area (Å²) in [6.45, 7) is 0.819. The van der Waals surface area contributed by atoms with Crippen LogP contribution in [0.15, 0.2) is 0 Å². The molecule has 1 saturated carbocycles. The second kappa shape index (κ2) is 6.12. The first kappa shape index (κ1) is 14.1. The molecule has 0 radical (unpaired) electrons. The fourth-order valence-corrected chi connectivity index (χ4v) is 2.21. The Bertz CT molecular complexity index is 256. The van der Waals surface area contributed by atoms with Crippen molar-refractivity contribution in [2.24, 2.45) is 5.92 Å². The molecule has 1 aliphatic carbocycles. The van der Waals surface area contributed by atoms with Gasteiger partial charge in [-0.05, 0) is 18.8 Å². The van der Waals surface area contributed by atoms with Gasteiger partial charge in [0.15, 0.2) is 0 Å². The van der Waals surface area contributed by atoms with Gasteiger partial charge in [0.05, 0.1) is 0 Å². The molecule has 2 unspecified atom stereocenters. The molecule has 2 atom stereocenters. The number of alkyl halides is 3. The molecule has 0 aromatic heterocycles. The number of urea groups is 1. The molecule has 1 aliphatic rings. The lowest BCUT2D eigenvalue weighted by Crippen LogP contribution is -2.46. The third-order valence-corrected chi connectivity index (χ3v) is 3.14. The van der Waals surface area contributed by atoms with Gasteiger partial charge in [0.1, 0.15) is 6.54 Å². The van der Waals surface area contributed by atoms with Gasteiger partial charge in [-0.1, -0.05) is 26.2 Å². The fourth-order valence-electron chi connectivity index (χ4n) is 2.21. The first-order valence-electron chi connectivity index (χ1n) is 6.02. The molecule has 17 heavy (non-hydrogen) atoms. The smallest absolute Gasteiger partial charge is 0.335 e. The van der Waals surface area contributed by atoms with Crippen molar-refractivity contribution in [2.75, 3.05) is 6.54 Å². The van der Waals surface area contributed by atoms with Gasteiger partial charge in [0, 0.05) is 6.04 Å². The average Bonchev–Trinajstić information content (AvgIpc) is 2.26. The summed E-state index contributed by atoms with van der Waals surface area (Å²) in [4.78, 5) is 11.2. The number of hydrogen-bond donors (Lipinski definition) is 2. The molecule has 0 aromatic carbocycles. The molecule has 0 heterocycles. The Kier molecular flexibility index (Phi) is 5.08. The van der Waals surface area contributed by atoms with Crippen LogP contribution in [-0.4, -0.2) is 24.8 Å². The first-order chi connectivity index (χ1) is 7.90. The third-order valence-electron chi connectivity index (χ3n) is 3.14. The largest absolute Gasteiger partial charge is 0.405 e. The van der Waals surface area contributed by atoms with Crippen LogP contribution >= 0.6 is 0 Å². The predicted molar refractivity (Wildman–Crippen MR) is 58.6 cm³/mol. The van der Waals surface area contributed by atoms with Gasteiger partial charge >= 0.3 is 12.2 Å². The summed E-state index contributed by atoms with van der Waals surface area (Å²) in [7, 11) is 0. The summed E-state index contributed by atoms with van der Waals surface area (Å²) in [6, 6.07) is -0.703. The zero-order valence-electron chi connectivity index (χ0n) is 9.94. The molecule has 0 spiro atoms. The van der Waals surface area contributed by atoms with Crippen molar-refractivity contribution < 1.29 is 18.0 Å². The van der Waals surface area contributed by atoms with Crippen molar-refractivity contribution in [3.63, 3.8) is 0 Å². The Morgan fingerprint density at radius 3 is 2.65 bits per heavy atom. The van der Waals surface area contributed by atoms with E-state index in [1.807, 2.05) is 5.32 Å². The molecule has 1 fully saturated rings. The number of halogens is 3. The molecule has 6 heteroatoms. The highest BCUT2D eigenvalue weighted by Gasteiger charge is 2.28. The van der Waals surface area contributed by atoms with E-state index in [0.29, 0.717) is 5.92 Å². The number of nitrogens with one attached hydrogen (secondary N) is 2. The van der Waals surface area contributed by atoms with Gasteiger partial charge in [0.2, 0.25) is 0 Å². The maximum absolute atomic E-state index is 11.9. The Hall–Kier alpha value is -0.940. The number of carbonyl (C=O) groups excluding carboxylic acids is 1. The number of hydrogen-bond acceptors (Lipinski definition) is 1. The number of carbonyl (C=O) groups is 1. The third kappa shape index (κ3) is 5.79. The molecule has 100 valence electrons. The summed E-state index contributed by atoms with van der Waals surface area (Å²) in [5.74, 6) is 0.580. The summed E-state index contributed by atoms with van der Waals surface area (Å²) in [6.07, 6.45) is 0.617. The molecule has 2 amide bonds. The molecule has 0 aromatic rings. The van der Waals surface area contributed by atoms with Crippen LogP contribution in [0, 0.1) is 5.92 Å². The number of rotatable bonds is 3. The van der Waals surface area contributed by atoms with E-state index in [9.17, 15) is 18.0 Å². The molecular formula is C11H19F3N2O. The second-order valence-electron chi connectivity index (χ2n) is 4.58. The monoisotopic (exact) mass is 252 g/mol. The van der Waals surface area contributed by atoms with Crippen LogP contribution in [0.2, 0.25) is 0 Å². The van der Waals surface area contributed by atoms with E-state index >= 15 is 0 Å². The Balaban J connectivity index is 2.26. The zero-order chi connectivity index (χ0) is 12.9. The lowest BCUT2D eigenvalue weighted by atomic mass is 9.84. The van der Waals surface area contributed by atoms with Crippen LogP contribution in [0.5, 0.6) is 0 Å². The van der Waals surface area contributed by atoms with Crippen molar-refractivity contribution >= 4 is 6.03 Å². The molecule has 0 bridgehead atoms. The van der Waals surface area contributed by atoms with Crippen LogP contribution in [-0.2, 0) is 0 Å². The average molecular weight is 252 g/mol. The van der Waals surface area contributed by atoms with Crippen LogP contribution in [0.1, 0.15) is 39.0 Å². The molecular weight excluding hydrogens is 233 g/mol. The van der Waals surface area contributed by atoms with Crippen molar-refractivity contribution in [1.29, 1.82) is 0 Å². The summed E-state index contributed by atoms with van der Waals surface area (Å²) < 4.78 is 35.6. The molecule has 0 saturated heterocycles. The highest BCUT2D eigenvalue weighted by atomic mass is 19.4. The van der Waals surface area contributed by atoms with E-state index in [0.717, 1.165) is 32.1 Å². The standard InChI is InChI=1S/C11H19F3N2O/c1-2-8-4-3-5-9(6-8)16-10(17)15-7-11(12,13)14/h8-9H,2-7H2,1H3,(H2,15,16,17). The summed E-state index contributed by atoms with van der Waals surface area (Å²) in [5, 5.41) is 4.43. The minimum Gasteiger partial charge on any atom is -0.335 e. The summed E-state index contributed by atoms with van der Waals surface area (Å²) in [5.41, 5.74) is 0. The normalized spacial score (nSPS) is 25.4. The maximum atomic E-state index is 11.9. The Morgan fingerprint density at radius 1 is 1.35 bits per heavy atom. The van der Waals surface area contributed by atoms with Crippen LogP contribution in [0.25, 0.3) is 0 Å². The maximum Gasteiger partial charge on any atom is 0.405 e. The Morgan fingerprint density at radius 2 is 2.06 bits per heavy atom. The first-order valence-corrected chi connectivity index (χ1v) is 6.02. The second-order valence-corrected chi connectivity index (χ2v) is 4.58. The van der Waals surface area contributed by atoms with Crippen molar-refractivity contribution in [3.05, 3.63) is 0 Å². The van der Waals surface area contributed by atoms with E-state index in [1.165, 1.54) is 0 Å². The topological polar surface area (TPSA) is 41.1 Å². The Labute approximate surface area is 99.1 Å². The highest BCUT2D eigenvalue weighted by Crippen LogP contribution is 2.26. The molecule has 1 rings (SSSR count). The van der Waals surface area contributed by atoms with Gasteiger partial charge in [-0.3, -0.25) is 0 Å². The predicted octanol–water partition coefficient (Wildman–Crippen LogP) is 2.82. The van der Waals surface area contributed by atoms with Crippen LogP contribution < -0.4 is 10.6 Å². The van der Waals surface area contributed by atoms with Crippen LogP contribution in [0.4, 0.5) is 18.0 Å². The quantitative estimate of drug-likeness (QED) is 0.796. The van der Waals surface area contributed by atoms with Gasteiger partial charge in [-0.2, -0.15) is 13.2 Å². The summed E-state index contributed by atoms with van der Waals surface area (Å²) >= 11 is 0. The molecule has 2 N–H and O–H groups in total. The van der Waals surface area contributed by atoms with E-state index in [1.54, 1.807) is 0 Å². The van der Waals surface area contributed by atoms with E-state index < -0.39 is 18.8 Å². The van der Waals surface area contributed by atoms with Gasteiger partial charge in [0.25, 0.3) is 0 Å². The van der Waals surface area contributed by atoms with Gasteiger partial charge in [-0.25, -0.2) is 4.79 Å². The minimum absolute atomic E-state index is 0.0157. The van der Waals surface area contributed by atoms with Gasteiger partial charge < -0.3 is 10.6 Å². The molecule has 3 nitrogen and oxygen atoms in total. The molecule has 0 aliphatic heterocycles. The van der Waals surface area contributed by atoms with E-state index in [4.69, 9.17) is 0 Å². The lowest BCUT2D eigenvalue weighted by molar-refractivity contribution is -0.122. The zero-order valence-corrected chi connectivity index (χ0v) is 9.94. The van der Waals surface area contributed by atoms with Crippen molar-refractivity contribution in [1.82, 2.24) is 10.6 Å². The van der Waals surface area contributed by atoms with Crippen LogP contribution in [0.3, 0.4) is 0 Å². The van der Waals surface area contributed by atoms with Crippen molar-refractivity contribution in [3.8, 4) is 0 Å².